The first-order valence-electron chi connectivity index (χ1n) is 10.4. The molecule has 1 unspecified atom stereocenters. The highest BCUT2D eigenvalue weighted by Crippen LogP contribution is 2.35. The average molecular weight is 448 g/mol. The standard InChI is InChI=1S/C25H22FN3O2S/c1-25(24(31)27-14-17-5-3-2-4-6-17)16-28-21(13-19-11-12-32-23(19)28)22(30)29(25)15-18-7-9-20(26)10-8-18/h2-13H,14-16H2,1H3,(H,27,31). The Morgan fingerprint density at radius 2 is 1.84 bits per heavy atom. The van der Waals surface area contributed by atoms with Crippen LogP contribution >= 0.6 is 11.3 Å². The Labute approximate surface area is 189 Å². The molecule has 162 valence electrons. The number of halogens is 1. The van der Waals surface area contributed by atoms with Gasteiger partial charge in [0.1, 0.15) is 21.9 Å². The van der Waals surface area contributed by atoms with Crippen molar-refractivity contribution in [2.24, 2.45) is 0 Å². The smallest absolute Gasteiger partial charge is 0.271 e. The zero-order chi connectivity index (χ0) is 22.3. The zero-order valence-electron chi connectivity index (χ0n) is 17.5. The van der Waals surface area contributed by atoms with E-state index >= 15 is 0 Å². The molecule has 0 saturated carbocycles. The Hall–Kier alpha value is -3.45. The third kappa shape index (κ3) is 3.48. The molecule has 5 nitrogen and oxygen atoms in total. The molecular weight excluding hydrogens is 425 g/mol. The number of benzene rings is 2. The summed E-state index contributed by atoms with van der Waals surface area (Å²) in [6.07, 6.45) is 0. The van der Waals surface area contributed by atoms with Gasteiger partial charge in [0.2, 0.25) is 5.91 Å². The molecule has 2 aromatic heterocycles. The molecule has 0 bridgehead atoms. The van der Waals surface area contributed by atoms with Crippen LogP contribution in [0.1, 0.15) is 28.5 Å². The number of hydrogen-bond acceptors (Lipinski definition) is 3. The van der Waals surface area contributed by atoms with Crippen LogP contribution in [-0.2, 0) is 24.4 Å². The van der Waals surface area contributed by atoms with Gasteiger partial charge >= 0.3 is 0 Å². The molecule has 1 aliphatic heterocycles. The van der Waals surface area contributed by atoms with Crippen LogP contribution < -0.4 is 5.32 Å². The van der Waals surface area contributed by atoms with Gasteiger partial charge in [0.15, 0.2) is 0 Å². The SMILES string of the molecule is CC1(C(=O)NCc2ccccc2)Cn2c(cc3ccsc32)C(=O)N1Cc1ccc(F)cc1. The molecule has 4 aromatic rings. The van der Waals surface area contributed by atoms with Crippen molar-refractivity contribution in [1.82, 2.24) is 14.8 Å². The van der Waals surface area contributed by atoms with Gasteiger partial charge in [-0.1, -0.05) is 42.5 Å². The normalized spacial score (nSPS) is 18.1. The summed E-state index contributed by atoms with van der Waals surface area (Å²) < 4.78 is 15.4. The minimum absolute atomic E-state index is 0.207. The van der Waals surface area contributed by atoms with Gasteiger partial charge in [-0.05, 0) is 47.7 Å². The fourth-order valence-electron chi connectivity index (χ4n) is 4.25. The molecule has 0 aliphatic carbocycles. The minimum atomic E-state index is -1.11. The van der Waals surface area contributed by atoms with Crippen LogP contribution in [0.5, 0.6) is 0 Å². The summed E-state index contributed by atoms with van der Waals surface area (Å²) in [5.74, 6) is -0.765. The van der Waals surface area contributed by atoms with Crippen molar-refractivity contribution in [2.45, 2.75) is 32.1 Å². The lowest BCUT2D eigenvalue weighted by Crippen LogP contribution is -2.63. The van der Waals surface area contributed by atoms with Gasteiger partial charge in [-0.2, -0.15) is 0 Å². The maximum Gasteiger partial charge on any atom is 0.271 e. The van der Waals surface area contributed by atoms with E-state index in [-0.39, 0.29) is 24.2 Å². The predicted molar refractivity (Wildman–Crippen MR) is 123 cm³/mol. The van der Waals surface area contributed by atoms with Gasteiger partial charge in [-0.15, -0.1) is 11.3 Å². The van der Waals surface area contributed by atoms with Crippen LogP contribution in [0.25, 0.3) is 10.2 Å². The molecule has 0 saturated heterocycles. The number of nitrogens with zero attached hydrogens (tertiary/aromatic N) is 2. The quantitative estimate of drug-likeness (QED) is 0.487. The Morgan fingerprint density at radius 1 is 1.09 bits per heavy atom. The molecule has 0 radical (unpaired) electrons. The van der Waals surface area contributed by atoms with Crippen molar-refractivity contribution in [1.29, 1.82) is 0 Å². The number of thiophene rings is 1. The summed E-state index contributed by atoms with van der Waals surface area (Å²) >= 11 is 1.56. The molecule has 3 heterocycles. The second kappa shape index (κ2) is 7.91. The lowest BCUT2D eigenvalue weighted by Gasteiger charge is -2.44. The van der Waals surface area contributed by atoms with E-state index < -0.39 is 5.54 Å². The maximum absolute atomic E-state index is 13.6. The third-order valence-electron chi connectivity index (χ3n) is 6.07. The monoisotopic (exact) mass is 447 g/mol. The van der Waals surface area contributed by atoms with Crippen LogP contribution in [0.4, 0.5) is 4.39 Å². The van der Waals surface area contributed by atoms with Crippen LogP contribution in [0.15, 0.2) is 72.1 Å². The van der Waals surface area contributed by atoms with E-state index in [1.807, 2.05) is 52.4 Å². The Bertz CT molecular complexity index is 1300. The minimum Gasteiger partial charge on any atom is -0.350 e. The number of fused-ring (bicyclic) bond motifs is 3. The number of aromatic nitrogens is 1. The average Bonchev–Trinajstić information content (AvgIpc) is 3.39. The molecular formula is C25H22FN3O2S. The van der Waals surface area contributed by atoms with E-state index in [0.29, 0.717) is 18.8 Å². The molecule has 2 aromatic carbocycles. The molecule has 0 fully saturated rings. The number of amides is 2. The van der Waals surface area contributed by atoms with Crippen molar-refractivity contribution < 1.29 is 14.0 Å². The number of nitrogens with one attached hydrogen (secondary N) is 1. The Kier molecular flexibility index (Phi) is 5.06. The first-order valence-corrected chi connectivity index (χ1v) is 11.3. The van der Waals surface area contributed by atoms with Crippen molar-refractivity contribution in [3.63, 3.8) is 0 Å². The van der Waals surface area contributed by atoms with Crippen molar-refractivity contribution in [3.8, 4) is 0 Å². The van der Waals surface area contributed by atoms with E-state index in [0.717, 1.165) is 21.3 Å². The topological polar surface area (TPSA) is 54.3 Å². The molecule has 1 atom stereocenters. The zero-order valence-corrected chi connectivity index (χ0v) is 18.4. The van der Waals surface area contributed by atoms with Crippen molar-refractivity contribution in [2.75, 3.05) is 0 Å². The van der Waals surface area contributed by atoms with E-state index in [1.54, 1.807) is 35.3 Å². The highest BCUT2D eigenvalue weighted by molar-refractivity contribution is 7.16. The first kappa shape index (κ1) is 20.5. The molecule has 1 aliphatic rings. The molecule has 2 amide bonds. The largest absolute Gasteiger partial charge is 0.350 e. The summed E-state index contributed by atoms with van der Waals surface area (Å²) in [6, 6.07) is 19.6. The van der Waals surface area contributed by atoms with E-state index in [4.69, 9.17) is 0 Å². The molecule has 0 spiro atoms. The Balaban J connectivity index is 1.51. The van der Waals surface area contributed by atoms with Gasteiger partial charge in [0, 0.05) is 18.5 Å². The molecule has 32 heavy (non-hydrogen) atoms. The second-order valence-corrected chi connectivity index (χ2v) is 9.15. The van der Waals surface area contributed by atoms with Crippen LogP contribution in [0, 0.1) is 5.82 Å². The number of rotatable bonds is 5. The summed E-state index contributed by atoms with van der Waals surface area (Å²) in [6.45, 7) is 2.74. The molecule has 5 rings (SSSR count). The fraction of sp³-hybridized carbons (Fsp3) is 0.200. The number of carbonyl (C=O) groups excluding carboxylic acids is 2. The van der Waals surface area contributed by atoms with Crippen molar-refractivity contribution >= 4 is 33.4 Å². The van der Waals surface area contributed by atoms with E-state index in [9.17, 15) is 14.0 Å². The second-order valence-electron chi connectivity index (χ2n) is 8.26. The molecule has 7 heteroatoms. The van der Waals surface area contributed by atoms with Crippen LogP contribution in [0.3, 0.4) is 0 Å². The van der Waals surface area contributed by atoms with Gasteiger partial charge in [-0.25, -0.2) is 4.39 Å². The summed E-state index contributed by atoms with van der Waals surface area (Å²) in [4.78, 5) is 29.7. The highest BCUT2D eigenvalue weighted by Gasteiger charge is 2.47. The lowest BCUT2D eigenvalue weighted by molar-refractivity contribution is -0.133. The van der Waals surface area contributed by atoms with Gasteiger partial charge in [-0.3, -0.25) is 9.59 Å². The number of carbonyl (C=O) groups is 2. The van der Waals surface area contributed by atoms with E-state index in [1.165, 1.54) is 12.1 Å². The van der Waals surface area contributed by atoms with E-state index in [2.05, 4.69) is 5.32 Å². The Morgan fingerprint density at radius 3 is 2.59 bits per heavy atom. The van der Waals surface area contributed by atoms with Crippen molar-refractivity contribution in [3.05, 3.63) is 94.7 Å². The van der Waals surface area contributed by atoms with Crippen LogP contribution in [-0.4, -0.2) is 26.8 Å². The van der Waals surface area contributed by atoms with Gasteiger partial charge in [0.25, 0.3) is 5.91 Å². The highest BCUT2D eigenvalue weighted by atomic mass is 32.1. The first-order chi connectivity index (χ1) is 15.5. The third-order valence-corrected chi connectivity index (χ3v) is 7.02. The summed E-state index contributed by atoms with van der Waals surface area (Å²) in [5.41, 5.74) is 1.22. The van der Waals surface area contributed by atoms with Gasteiger partial charge < -0.3 is 14.8 Å². The maximum atomic E-state index is 13.6. The van der Waals surface area contributed by atoms with Crippen LogP contribution in [0.2, 0.25) is 0 Å². The lowest BCUT2D eigenvalue weighted by atomic mass is 9.93. The summed E-state index contributed by atoms with van der Waals surface area (Å²) in [7, 11) is 0. The number of hydrogen-bond donors (Lipinski definition) is 1. The predicted octanol–water partition coefficient (Wildman–Crippen LogP) is 4.57. The molecule has 1 N–H and O–H groups in total. The summed E-state index contributed by atoms with van der Waals surface area (Å²) in [5, 5.41) is 6.00. The van der Waals surface area contributed by atoms with Gasteiger partial charge in [0.05, 0.1) is 6.54 Å². The fourth-order valence-corrected chi connectivity index (χ4v) is 5.14.